The predicted octanol–water partition coefficient (Wildman–Crippen LogP) is 2.53. The van der Waals surface area contributed by atoms with Crippen LogP contribution in [0, 0.1) is 0 Å². The number of fused-ring (bicyclic) bond motifs is 1. The quantitative estimate of drug-likeness (QED) is 0.724. The van der Waals surface area contributed by atoms with Gasteiger partial charge in [0.15, 0.2) is 5.16 Å². The van der Waals surface area contributed by atoms with Gasteiger partial charge >= 0.3 is 0 Å². The fourth-order valence-corrected chi connectivity index (χ4v) is 2.66. The summed E-state index contributed by atoms with van der Waals surface area (Å²) in [6, 6.07) is 0. The Kier molecular flexibility index (Phi) is 3.14. The monoisotopic (exact) mass is 224 g/mol. The van der Waals surface area contributed by atoms with Crippen molar-refractivity contribution < 1.29 is 4.79 Å². The zero-order valence-electron chi connectivity index (χ0n) is 9.25. The third-order valence-electron chi connectivity index (χ3n) is 2.84. The van der Waals surface area contributed by atoms with Crippen LogP contribution in [-0.4, -0.2) is 21.7 Å². The summed E-state index contributed by atoms with van der Waals surface area (Å²) < 4.78 is 1.83. The van der Waals surface area contributed by atoms with Crippen molar-refractivity contribution >= 4 is 17.7 Å². The highest BCUT2D eigenvalue weighted by Gasteiger charge is 2.22. The fourth-order valence-electron chi connectivity index (χ4n) is 2.07. The molecule has 2 rings (SSSR count). The van der Waals surface area contributed by atoms with Crippen molar-refractivity contribution in [2.24, 2.45) is 0 Å². The molecule has 1 heterocycles. The van der Waals surface area contributed by atoms with Gasteiger partial charge in [-0.1, -0.05) is 18.7 Å². The molecule has 1 aromatic heterocycles. The van der Waals surface area contributed by atoms with Gasteiger partial charge in [-0.2, -0.15) is 0 Å². The molecule has 1 aliphatic carbocycles. The second-order valence-electron chi connectivity index (χ2n) is 3.78. The van der Waals surface area contributed by atoms with E-state index in [1.54, 1.807) is 11.8 Å². The Morgan fingerprint density at radius 2 is 2.20 bits per heavy atom. The van der Waals surface area contributed by atoms with Crippen LogP contribution in [0.4, 0.5) is 0 Å². The van der Waals surface area contributed by atoms with Crippen LogP contribution in [0.1, 0.15) is 42.4 Å². The second kappa shape index (κ2) is 4.39. The molecule has 0 bridgehead atoms. The maximum Gasteiger partial charge on any atom is 0.232 e. The highest BCUT2D eigenvalue weighted by molar-refractivity contribution is 7.98. The first-order valence-electron chi connectivity index (χ1n) is 5.45. The van der Waals surface area contributed by atoms with Crippen LogP contribution in [0.3, 0.4) is 0 Å². The van der Waals surface area contributed by atoms with Crippen molar-refractivity contribution in [2.75, 3.05) is 6.26 Å². The molecule has 1 aromatic rings. The van der Waals surface area contributed by atoms with Crippen LogP contribution in [0.2, 0.25) is 0 Å². The van der Waals surface area contributed by atoms with E-state index in [2.05, 4.69) is 4.98 Å². The zero-order valence-corrected chi connectivity index (χ0v) is 10.1. The van der Waals surface area contributed by atoms with Crippen molar-refractivity contribution in [1.29, 1.82) is 0 Å². The minimum absolute atomic E-state index is 0.176. The van der Waals surface area contributed by atoms with Gasteiger partial charge in [-0.25, -0.2) is 4.98 Å². The molecule has 0 amide bonds. The van der Waals surface area contributed by atoms with E-state index in [1.807, 2.05) is 17.7 Å². The van der Waals surface area contributed by atoms with E-state index in [4.69, 9.17) is 0 Å². The summed E-state index contributed by atoms with van der Waals surface area (Å²) in [5.74, 6) is 0.176. The van der Waals surface area contributed by atoms with E-state index in [0.717, 1.165) is 29.4 Å². The van der Waals surface area contributed by atoms with Crippen molar-refractivity contribution in [3.05, 3.63) is 11.4 Å². The largest absolute Gasteiger partial charge is 0.274 e. The molecule has 4 heteroatoms. The van der Waals surface area contributed by atoms with E-state index in [-0.39, 0.29) is 5.91 Å². The number of rotatable bonds is 2. The van der Waals surface area contributed by atoms with E-state index < -0.39 is 0 Å². The molecule has 3 nitrogen and oxygen atoms in total. The molecule has 0 radical (unpaired) electrons. The standard InChI is InChI=1S/C11H16N2OS/c1-3-10(14)13-9-7-5-4-6-8(9)12-11(13)15-2/h3-7H2,1-2H3. The van der Waals surface area contributed by atoms with Crippen LogP contribution in [0.25, 0.3) is 0 Å². The molecule has 0 unspecified atom stereocenters. The molecule has 0 saturated carbocycles. The SMILES string of the molecule is CCC(=O)n1c(SC)nc2c1CCCC2. The van der Waals surface area contributed by atoms with E-state index in [1.165, 1.54) is 12.8 Å². The molecular weight excluding hydrogens is 208 g/mol. The minimum Gasteiger partial charge on any atom is -0.274 e. The summed E-state index contributed by atoms with van der Waals surface area (Å²) in [5, 5.41) is 0.869. The summed E-state index contributed by atoms with van der Waals surface area (Å²) in [6.45, 7) is 1.90. The zero-order chi connectivity index (χ0) is 10.8. The number of hydrogen-bond acceptors (Lipinski definition) is 3. The molecule has 1 aliphatic rings. The molecule has 0 N–H and O–H groups in total. The Morgan fingerprint density at radius 3 is 2.87 bits per heavy atom. The lowest BCUT2D eigenvalue weighted by Gasteiger charge is -2.12. The summed E-state index contributed by atoms with van der Waals surface area (Å²) in [7, 11) is 0. The molecule has 0 aromatic carbocycles. The lowest BCUT2D eigenvalue weighted by atomic mass is 10.0. The molecule has 0 aliphatic heterocycles. The minimum atomic E-state index is 0.176. The molecular formula is C11H16N2OS. The predicted molar refractivity (Wildman–Crippen MR) is 61.6 cm³/mol. The average Bonchev–Trinajstić information content (AvgIpc) is 2.66. The van der Waals surface area contributed by atoms with Crippen LogP contribution in [0.15, 0.2) is 5.16 Å². The Morgan fingerprint density at radius 1 is 1.47 bits per heavy atom. The molecule has 0 saturated heterocycles. The number of carbonyl (C=O) groups is 1. The van der Waals surface area contributed by atoms with Gasteiger partial charge in [-0.3, -0.25) is 9.36 Å². The third-order valence-corrected chi connectivity index (χ3v) is 3.48. The summed E-state index contributed by atoms with van der Waals surface area (Å²) in [6.07, 6.45) is 6.97. The van der Waals surface area contributed by atoms with Gasteiger partial charge in [0, 0.05) is 12.1 Å². The number of nitrogens with zero attached hydrogens (tertiary/aromatic N) is 2. The lowest BCUT2D eigenvalue weighted by Crippen LogP contribution is -2.15. The molecule has 0 fully saturated rings. The Bertz CT molecular complexity index is 384. The summed E-state index contributed by atoms with van der Waals surface area (Å²) in [4.78, 5) is 16.4. The van der Waals surface area contributed by atoms with Gasteiger partial charge in [-0.15, -0.1) is 0 Å². The maximum absolute atomic E-state index is 11.8. The van der Waals surface area contributed by atoms with Crippen LogP contribution < -0.4 is 0 Å². The first-order chi connectivity index (χ1) is 7.27. The molecule has 82 valence electrons. The number of imidazole rings is 1. The van der Waals surface area contributed by atoms with Crippen LogP contribution >= 0.6 is 11.8 Å². The van der Waals surface area contributed by atoms with E-state index in [0.29, 0.717) is 6.42 Å². The maximum atomic E-state index is 11.8. The van der Waals surface area contributed by atoms with Gasteiger partial charge < -0.3 is 0 Å². The second-order valence-corrected chi connectivity index (χ2v) is 4.56. The van der Waals surface area contributed by atoms with Gasteiger partial charge in [0.2, 0.25) is 5.91 Å². The smallest absolute Gasteiger partial charge is 0.232 e. The highest BCUT2D eigenvalue weighted by atomic mass is 32.2. The molecule has 0 atom stereocenters. The van der Waals surface area contributed by atoms with Crippen LogP contribution in [-0.2, 0) is 12.8 Å². The first-order valence-corrected chi connectivity index (χ1v) is 6.68. The van der Waals surface area contributed by atoms with E-state index >= 15 is 0 Å². The van der Waals surface area contributed by atoms with Gasteiger partial charge in [0.05, 0.1) is 5.69 Å². The van der Waals surface area contributed by atoms with Gasteiger partial charge in [0.1, 0.15) is 0 Å². The van der Waals surface area contributed by atoms with Crippen molar-refractivity contribution in [2.45, 2.75) is 44.2 Å². The number of aromatic nitrogens is 2. The number of carbonyl (C=O) groups excluding carboxylic acids is 1. The van der Waals surface area contributed by atoms with Crippen molar-refractivity contribution in [1.82, 2.24) is 9.55 Å². The number of aryl methyl sites for hydroxylation is 1. The Hall–Kier alpha value is -0.770. The summed E-state index contributed by atoms with van der Waals surface area (Å²) in [5.41, 5.74) is 2.31. The van der Waals surface area contributed by atoms with E-state index in [9.17, 15) is 4.79 Å². The third kappa shape index (κ3) is 1.83. The van der Waals surface area contributed by atoms with Crippen LogP contribution in [0.5, 0.6) is 0 Å². The normalized spacial score (nSPS) is 15.1. The van der Waals surface area contributed by atoms with Gasteiger partial charge in [-0.05, 0) is 31.9 Å². The summed E-state index contributed by atoms with van der Waals surface area (Å²) >= 11 is 1.56. The Labute approximate surface area is 94.3 Å². The fraction of sp³-hybridized carbons (Fsp3) is 0.636. The number of thioether (sulfide) groups is 1. The van der Waals surface area contributed by atoms with Gasteiger partial charge in [0.25, 0.3) is 0 Å². The van der Waals surface area contributed by atoms with Crippen molar-refractivity contribution in [3.63, 3.8) is 0 Å². The average molecular weight is 224 g/mol. The number of hydrogen-bond donors (Lipinski definition) is 0. The topological polar surface area (TPSA) is 34.9 Å². The molecule has 15 heavy (non-hydrogen) atoms. The van der Waals surface area contributed by atoms with Crippen molar-refractivity contribution in [3.8, 4) is 0 Å². The Balaban J connectivity index is 2.49. The highest BCUT2D eigenvalue weighted by Crippen LogP contribution is 2.26. The lowest BCUT2D eigenvalue weighted by molar-refractivity contribution is 0.0894. The first kappa shape index (κ1) is 10.7. The molecule has 0 spiro atoms.